The third kappa shape index (κ3) is 5.85. The molecule has 2 aromatic rings. The predicted octanol–water partition coefficient (Wildman–Crippen LogP) is 2.80. The molecule has 8 heteroatoms. The lowest BCUT2D eigenvalue weighted by Gasteiger charge is -2.18. The van der Waals surface area contributed by atoms with Crippen LogP contribution in [-0.2, 0) is 9.59 Å². The van der Waals surface area contributed by atoms with Gasteiger partial charge in [-0.15, -0.1) is 0 Å². The Bertz CT molecular complexity index is 1000. The summed E-state index contributed by atoms with van der Waals surface area (Å²) in [4.78, 5) is 37.1. The summed E-state index contributed by atoms with van der Waals surface area (Å²) in [7, 11) is 0. The molecule has 0 aromatic heterocycles. The minimum Gasteiger partial charge on any atom is -0.480 e. The first-order chi connectivity index (χ1) is 14.8. The van der Waals surface area contributed by atoms with Crippen LogP contribution in [0.3, 0.4) is 0 Å². The van der Waals surface area contributed by atoms with E-state index >= 15 is 0 Å². The van der Waals surface area contributed by atoms with E-state index < -0.39 is 23.8 Å². The van der Waals surface area contributed by atoms with Gasteiger partial charge in [-0.3, -0.25) is 9.59 Å². The van der Waals surface area contributed by atoms with Crippen LogP contribution < -0.4 is 20.1 Å². The molecular weight excluding hydrogens is 400 g/mol. The number of carboxylic acid groups (broad SMARTS) is 1. The predicted molar refractivity (Wildman–Crippen MR) is 113 cm³/mol. The molecule has 3 rings (SSSR count). The van der Waals surface area contributed by atoms with E-state index in [1.165, 1.54) is 6.08 Å². The second-order valence-electron chi connectivity index (χ2n) is 7.48. The van der Waals surface area contributed by atoms with Gasteiger partial charge in [0.25, 0.3) is 11.8 Å². The summed E-state index contributed by atoms with van der Waals surface area (Å²) in [6, 6.07) is 12.4. The molecule has 3 N–H and O–H groups in total. The van der Waals surface area contributed by atoms with Crippen molar-refractivity contribution in [2.45, 2.75) is 26.3 Å². The van der Waals surface area contributed by atoms with Crippen LogP contribution in [0.15, 0.2) is 54.2 Å². The van der Waals surface area contributed by atoms with Crippen LogP contribution in [0.5, 0.6) is 11.5 Å². The molecule has 0 fully saturated rings. The Morgan fingerprint density at radius 1 is 1.06 bits per heavy atom. The van der Waals surface area contributed by atoms with Crippen molar-refractivity contribution in [2.24, 2.45) is 5.92 Å². The largest absolute Gasteiger partial charge is 0.480 e. The van der Waals surface area contributed by atoms with Crippen molar-refractivity contribution in [3.63, 3.8) is 0 Å². The number of hydrogen-bond donors (Lipinski definition) is 3. The normalized spacial score (nSPS) is 13.6. The lowest BCUT2D eigenvalue weighted by molar-refractivity contribution is -0.141. The Hall–Kier alpha value is -3.81. The Balaban J connectivity index is 1.88. The molecule has 0 spiro atoms. The summed E-state index contributed by atoms with van der Waals surface area (Å²) in [6.07, 6.45) is 1.72. The Kier molecular flexibility index (Phi) is 6.92. The zero-order valence-electron chi connectivity index (χ0n) is 17.3. The minimum atomic E-state index is -1.14. The van der Waals surface area contributed by atoms with E-state index in [0.717, 1.165) is 0 Å². The van der Waals surface area contributed by atoms with E-state index in [0.29, 0.717) is 22.6 Å². The molecule has 1 heterocycles. The maximum Gasteiger partial charge on any atom is 0.326 e. The smallest absolute Gasteiger partial charge is 0.326 e. The van der Waals surface area contributed by atoms with Crippen molar-refractivity contribution in [3.8, 4) is 11.5 Å². The average molecular weight is 424 g/mol. The maximum atomic E-state index is 12.9. The van der Waals surface area contributed by atoms with E-state index in [2.05, 4.69) is 10.6 Å². The summed E-state index contributed by atoms with van der Waals surface area (Å²) in [6.45, 7) is 3.83. The van der Waals surface area contributed by atoms with Crippen LogP contribution in [-0.4, -0.2) is 35.7 Å². The number of hydrogen-bond acceptors (Lipinski definition) is 5. The molecule has 0 radical (unpaired) electrons. The number of carboxylic acids is 1. The fraction of sp³-hybridized carbons (Fsp3) is 0.261. The van der Waals surface area contributed by atoms with Crippen LogP contribution in [0, 0.1) is 5.92 Å². The van der Waals surface area contributed by atoms with Gasteiger partial charge in [-0.05, 0) is 48.2 Å². The van der Waals surface area contributed by atoms with E-state index in [1.807, 2.05) is 13.8 Å². The first-order valence-corrected chi connectivity index (χ1v) is 9.85. The highest BCUT2D eigenvalue weighted by Gasteiger charge is 2.24. The van der Waals surface area contributed by atoms with Crippen molar-refractivity contribution in [3.05, 3.63) is 65.4 Å². The van der Waals surface area contributed by atoms with E-state index in [9.17, 15) is 19.5 Å². The average Bonchev–Trinajstić information content (AvgIpc) is 3.20. The van der Waals surface area contributed by atoms with Gasteiger partial charge in [0.2, 0.25) is 6.79 Å². The monoisotopic (exact) mass is 424 g/mol. The van der Waals surface area contributed by atoms with Gasteiger partial charge in [0.05, 0.1) is 0 Å². The van der Waals surface area contributed by atoms with Gasteiger partial charge in [-0.25, -0.2) is 4.79 Å². The van der Waals surface area contributed by atoms with Gasteiger partial charge >= 0.3 is 5.97 Å². The highest BCUT2D eigenvalue weighted by Crippen LogP contribution is 2.33. The van der Waals surface area contributed by atoms with Gasteiger partial charge in [-0.1, -0.05) is 38.1 Å². The third-order valence-electron chi connectivity index (χ3n) is 4.55. The second kappa shape index (κ2) is 9.80. The van der Waals surface area contributed by atoms with Crippen LogP contribution in [0.1, 0.15) is 36.2 Å². The molecule has 0 saturated heterocycles. The van der Waals surface area contributed by atoms with Crippen LogP contribution in [0.25, 0.3) is 6.08 Å². The highest BCUT2D eigenvalue weighted by molar-refractivity contribution is 6.06. The second-order valence-corrected chi connectivity index (χ2v) is 7.48. The summed E-state index contributed by atoms with van der Waals surface area (Å²) >= 11 is 0. The van der Waals surface area contributed by atoms with Crippen molar-refractivity contribution in [1.82, 2.24) is 10.6 Å². The fourth-order valence-electron chi connectivity index (χ4n) is 3.04. The molecule has 8 nitrogen and oxygen atoms in total. The molecule has 2 aromatic carbocycles. The minimum absolute atomic E-state index is 0.0570. The number of rotatable bonds is 8. The molecule has 1 aliphatic heterocycles. The maximum absolute atomic E-state index is 12.9. The zero-order valence-corrected chi connectivity index (χ0v) is 17.3. The van der Waals surface area contributed by atoms with Gasteiger partial charge in [0.1, 0.15) is 11.7 Å². The number of ether oxygens (including phenoxy) is 2. The number of aliphatic carboxylic acids is 1. The highest BCUT2D eigenvalue weighted by atomic mass is 16.7. The summed E-state index contributed by atoms with van der Waals surface area (Å²) in [5, 5.41) is 14.5. The quantitative estimate of drug-likeness (QED) is 0.562. The Morgan fingerprint density at radius 3 is 2.45 bits per heavy atom. The van der Waals surface area contributed by atoms with Gasteiger partial charge in [-0.2, -0.15) is 0 Å². The first kappa shape index (κ1) is 21.9. The molecule has 2 amide bonds. The molecule has 0 unspecified atom stereocenters. The fourth-order valence-corrected chi connectivity index (χ4v) is 3.04. The first-order valence-electron chi connectivity index (χ1n) is 9.85. The van der Waals surface area contributed by atoms with E-state index in [4.69, 9.17) is 9.47 Å². The summed E-state index contributed by atoms with van der Waals surface area (Å²) in [5.41, 5.74) is 0.866. The molecule has 1 aliphatic rings. The van der Waals surface area contributed by atoms with E-state index in [1.54, 1.807) is 48.5 Å². The molecular formula is C23H24N2O6. The lowest BCUT2D eigenvalue weighted by atomic mass is 10.0. The van der Waals surface area contributed by atoms with Crippen LogP contribution >= 0.6 is 0 Å². The standard InChI is InChI=1S/C23H24N2O6/c1-14(2)10-18(23(28)29)25-22(27)17(24-21(26)16-6-4-3-5-7-16)11-15-8-9-19-20(12-15)31-13-30-19/h3-9,11-12,14,18H,10,13H2,1-2H3,(H,24,26)(H,25,27)(H,28,29)/b17-11-/t18-/m1/s1. The number of nitrogens with one attached hydrogen (secondary N) is 2. The number of benzene rings is 2. The Morgan fingerprint density at radius 2 is 1.77 bits per heavy atom. The van der Waals surface area contributed by atoms with Gasteiger partial charge in [0, 0.05) is 5.56 Å². The topological polar surface area (TPSA) is 114 Å². The van der Waals surface area contributed by atoms with E-state index in [-0.39, 0.29) is 24.8 Å². The number of carbonyl (C=O) groups is 3. The lowest BCUT2D eigenvalue weighted by Crippen LogP contribution is -2.45. The SMILES string of the molecule is CC(C)C[C@@H](NC(=O)/C(=C/c1ccc2c(c1)OCO2)NC(=O)c1ccccc1)C(=O)O. The van der Waals surface area contributed by atoms with Crippen molar-refractivity contribution < 1.29 is 29.0 Å². The van der Waals surface area contributed by atoms with Crippen LogP contribution in [0.4, 0.5) is 0 Å². The molecule has 0 aliphatic carbocycles. The van der Waals surface area contributed by atoms with Crippen molar-refractivity contribution in [1.29, 1.82) is 0 Å². The molecule has 1 atom stereocenters. The molecule has 0 bridgehead atoms. The van der Waals surface area contributed by atoms with Gasteiger partial charge in [0.15, 0.2) is 11.5 Å². The third-order valence-corrected chi connectivity index (χ3v) is 4.55. The zero-order chi connectivity index (χ0) is 22.4. The number of amides is 2. The number of fused-ring (bicyclic) bond motifs is 1. The van der Waals surface area contributed by atoms with Crippen molar-refractivity contribution >= 4 is 23.9 Å². The van der Waals surface area contributed by atoms with Crippen LogP contribution in [0.2, 0.25) is 0 Å². The molecule has 162 valence electrons. The van der Waals surface area contributed by atoms with Gasteiger partial charge < -0.3 is 25.2 Å². The Labute approximate surface area is 179 Å². The number of carbonyl (C=O) groups excluding carboxylic acids is 2. The van der Waals surface area contributed by atoms with Crippen molar-refractivity contribution in [2.75, 3.05) is 6.79 Å². The summed E-state index contributed by atoms with van der Waals surface area (Å²) < 4.78 is 10.6. The molecule has 31 heavy (non-hydrogen) atoms. The molecule has 0 saturated carbocycles. The summed E-state index contributed by atoms with van der Waals surface area (Å²) in [5.74, 6) is -1.17.